The van der Waals surface area contributed by atoms with Crippen molar-refractivity contribution < 1.29 is 14.3 Å². The average molecular weight is 188 g/mol. The van der Waals surface area contributed by atoms with Gasteiger partial charge in [0.2, 0.25) is 0 Å². The average Bonchev–Trinajstić information content (AvgIpc) is 2.02. The van der Waals surface area contributed by atoms with E-state index in [1.807, 2.05) is 13.8 Å². The molecule has 0 aliphatic heterocycles. The summed E-state index contributed by atoms with van der Waals surface area (Å²) in [7, 11) is 0. The smallest absolute Gasteiger partial charge is 0.302 e. The lowest BCUT2D eigenvalue weighted by molar-refractivity contribution is -0.146. The second-order valence-corrected chi connectivity index (χ2v) is 3.30. The first-order valence-electron chi connectivity index (χ1n) is 4.85. The molecule has 2 atom stereocenters. The van der Waals surface area contributed by atoms with Crippen LogP contribution in [0.15, 0.2) is 0 Å². The van der Waals surface area contributed by atoms with Crippen LogP contribution in [0.4, 0.5) is 0 Å². The van der Waals surface area contributed by atoms with Gasteiger partial charge in [0.15, 0.2) is 0 Å². The molecular formula is C10H20O3. The van der Waals surface area contributed by atoms with Gasteiger partial charge in [0.05, 0.1) is 12.7 Å². The lowest BCUT2D eigenvalue weighted by atomic mass is 10.3. The van der Waals surface area contributed by atoms with Crippen molar-refractivity contribution in [2.24, 2.45) is 0 Å². The molecule has 0 aromatic carbocycles. The number of hydrogen-bond donors (Lipinski definition) is 0. The van der Waals surface area contributed by atoms with Crippen molar-refractivity contribution in [2.45, 2.75) is 52.7 Å². The van der Waals surface area contributed by atoms with Gasteiger partial charge in [0.25, 0.3) is 0 Å². The minimum absolute atomic E-state index is 0.0402. The lowest BCUT2D eigenvalue weighted by Crippen LogP contribution is -2.16. The molecule has 13 heavy (non-hydrogen) atoms. The maximum Gasteiger partial charge on any atom is 0.302 e. The summed E-state index contributed by atoms with van der Waals surface area (Å²) in [6, 6.07) is 0. The number of rotatable bonds is 6. The first-order chi connectivity index (χ1) is 6.06. The number of carbonyl (C=O) groups is 1. The molecule has 0 saturated heterocycles. The Kier molecular flexibility index (Phi) is 6.59. The molecule has 0 heterocycles. The predicted octanol–water partition coefficient (Wildman–Crippen LogP) is 2.14. The summed E-state index contributed by atoms with van der Waals surface area (Å²) in [6.45, 7) is 8.08. The molecule has 0 spiro atoms. The van der Waals surface area contributed by atoms with E-state index in [-0.39, 0.29) is 12.1 Å². The van der Waals surface area contributed by atoms with Crippen LogP contribution in [-0.4, -0.2) is 24.8 Å². The molecule has 0 fully saturated rings. The van der Waals surface area contributed by atoms with E-state index in [1.54, 1.807) is 0 Å². The Morgan fingerprint density at radius 1 is 1.31 bits per heavy atom. The van der Waals surface area contributed by atoms with Crippen molar-refractivity contribution in [3.8, 4) is 0 Å². The van der Waals surface area contributed by atoms with Gasteiger partial charge >= 0.3 is 5.97 Å². The maximum absolute atomic E-state index is 10.5. The Morgan fingerprint density at radius 2 is 1.92 bits per heavy atom. The van der Waals surface area contributed by atoms with E-state index in [4.69, 9.17) is 9.47 Å². The van der Waals surface area contributed by atoms with Crippen LogP contribution in [0.5, 0.6) is 0 Å². The largest absolute Gasteiger partial charge is 0.463 e. The molecule has 0 radical (unpaired) electrons. The first-order valence-corrected chi connectivity index (χ1v) is 4.85. The third-order valence-corrected chi connectivity index (χ3v) is 1.87. The van der Waals surface area contributed by atoms with Crippen LogP contribution in [-0.2, 0) is 14.3 Å². The fourth-order valence-corrected chi connectivity index (χ4v) is 0.895. The van der Waals surface area contributed by atoms with Crippen LogP contribution in [0.1, 0.15) is 40.5 Å². The van der Waals surface area contributed by atoms with Crippen LogP contribution in [0.25, 0.3) is 0 Å². The molecule has 0 rings (SSSR count). The standard InChI is InChI=1S/C10H20O3/c1-5-8(2)12-7-6-9(3)13-10(4)11/h8-9H,5-7H2,1-4H3. The number of ether oxygens (including phenoxy) is 2. The second kappa shape index (κ2) is 6.89. The summed E-state index contributed by atoms with van der Waals surface area (Å²) in [5.41, 5.74) is 0. The molecule has 0 aromatic rings. The van der Waals surface area contributed by atoms with Crippen molar-refractivity contribution in [3.63, 3.8) is 0 Å². The predicted molar refractivity (Wildman–Crippen MR) is 51.6 cm³/mol. The molecule has 0 N–H and O–H groups in total. The van der Waals surface area contributed by atoms with Crippen LogP contribution in [0, 0.1) is 0 Å². The zero-order valence-corrected chi connectivity index (χ0v) is 9.00. The summed E-state index contributed by atoms with van der Waals surface area (Å²) < 4.78 is 10.4. The molecule has 0 aliphatic carbocycles. The van der Waals surface area contributed by atoms with E-state index in [0.717, 1.165) is 12.8 Å². The van der Waals surface area contributed by atoms with Gasteiger partial charge in [-0.25, -0.2) is 0 Å². The maximum atomic E-state index is 10.5. The molecule has 3 heteroatoms. The quantitative estimate of drug-likeness (QED) is 0.599. The van der Waals surface area contributed by atoms with Gasteiger partial charge in [-0.3, -0.25) is 4.79 Å². The topological polar surface area (TPSA) is 35.5 Å². The van der Waals surface area contributed by atoms with Crippen LogP contribution in [0.3, 0.4) is 0 Å². The van der Waals surface area contributed by atoms with Gasteiger partial charge in [-0.15, -0.1) is 0 Å². The van der Waals surface area contributed by atoms with Crippen molar-refractivity contribution in [3.05, 3.63) is 0 Å². The summed E-state index contributed by atoms with van der Waals surface area (Å²) in [4.78, 5) is 10.5. The fraction of sp³-hybridized carbons (Fsp3) is 0.900. The SMILES string of the molecule is CCC(C)OCCC(C)OC(C)=O. The summed E-state index contributed by atoms with van der Waals surface area (Å²) in [6.07, 6.45) is 2.04. The number of esters is 1. The molecule has 0 amide bonds. The van der Waals surface area contributed by atoms with Crippen LogP contribution < -0.4 is 0 Å². The highest BCUT2D eigenvalue weighted by Crippen LogP contribution is 2.02. The Bertz CT molecular complexity index is 145. The normalized spacial score (nSPS) is 15.1. The van der Waals surface area contributed by atoms with E-state index in [1.165, 1.54) is 6.92 Å². The van der Waals surface area contributed by atoms with Gasteiger partial charge in [-0.1, -0.05) is 6.92 Å². The molecule has 78 valence electrons. The summed E-state index contributed by atoms with van der Waals surface area (Å²) in [5.74, 6) is -0.226. The highest BCUT2D eigenvalue weighted by Gasteiger charge is 2.06. The van der Waals surface area contributed by atoms with Crippen molar-refractivity contribution in [1.29, 1.82) is 0 Å². The Morgan fingerprint density at radius 3 is 2.38 bits per heavy atom. The van der Waals surface area contributed by atoms with Crippen LogP contribution >= 0.6 is 0 Å². The van der Waals surface area contributed by atoms with E-state index in [0.29, 0.717) is 12.7 Å². The molecule has 0 aromatic heterocycles. The molecular weight excluding hydrogens is 168 g/mol. The Labute approximate surface area is 80.4 Å². The molecule has 2 unspecified atom stereocenters. The van der Waals surface area contributed by atoms with E-state index in [2.05, 4.69) is 6.92 Å². The monoisotopic (exact) mass is 188 g/mol. The van der Waals surface area contributed by atoms with E-state index in [9.17, 15) is 4.79 Å². The minimum atomic E-state index is -0.226. The van der Waals surface area contributed by atoms with E-state index < -0.39 is 0 Å². The highest BCUT2D eigenvalue weighted by atomic mass is 16.5. The van der Waals surface area contributed by atoms with Gasteiger partial charge < -0.3 is 9.47 Å². The lowest BCUT2D eigenvalue weighted by Gasteiger charge is -2.14. The zero-order chi connectivity index (χ0) is 10.3. The van der Waals surface area contributed by atoms with Gasteiger partial charge in [-0.2, -0.15) is 0 Å². The van der Waals surface area contributed by atoms with Crippen molar-refractivity contribution in [1.82, 2.24) is 0 Å². The molecule has 0 saturated carbocycles. The Balaban J connectivity index is 3.36. The third kappa shape index (κ3) is 7.78. The Hall–Kier alpha value is -0.570. The third-order valence-electron chi connectivity index (χ3n) is 1.87. The molecule has 0 bridgehead atoms. The number of carbonyl (C=O) groups excluding carboxylic acids is 1. The number of hydrogen-bond acceptors (Lipinski definition) is 3. The minimum Gasteiger partial charge on any atom is -0.463 e. The summed E-state index contributed by atoms with van der Waals surface area (Å²) in [5, 5.41) is 0. The summed E-state index contributed by atoms with van der Waals surface area (Å²) >= 11 is 0. The van der Waals surface area contributed by atoms with Crippen LogP contribution in [0.2, 0.25) is 0 Å². The second-order valence-electron chi connectivity index (χ2n) is 3.30. The van der Waals surface area contributed by atoms with Crippen molar-refractivity contribution in [2.75, 3.05) is 6.61 Å². The van der Waals surface area contributed by atoms with Gasteiger partial charge in [-0.05, 0) is 20.3 Å². The van der Waals surface area contributed by atoms with E-state index >= 15 is 0 Å². The zero-order valence-electron chi connectivity index (χ0n) is 9.00. The molecule has 0 aliphatic rings. The van der Waals surface area contributed by atoms with Gasteiger partial charge in [0, 0.05) is 13.3 Å². The fourth-order valence-electron chi connectivity index (χ4n) is 0.895. The van der Waals surface area contributed by atoms with Crippen molar-refractivity contribution >= 4 is 5.97 Å². The highest BCUT2D eigenvalue weighted by molar-refractivity contribution is 5.66. The van der Waals surface area contributed by atoms with Gasteiger partial charge in [0.1, 0.15) is 6.10 Å². The molecule has 3 nitrogen and oxygen atoms in total. The first kappa shape index (κ1) is 12.4.